The van der Waals surface area contributed by atoms with Gasteiger partial charge in [0.05, 0.1) is 6.61 Å². The van der Waals surface area contributed by atoms with Crippen LogP contribution in [-0.2, 0) is 38.4 Å². The third-order valence-electron chi connectivity index (χ3n) is 10.5. The zero-order chi connectivity index (χ0) is 47.1. The van der Waals surface area contributed by atoms with E-state index in [4.69, 9.17) is 43.2 Å². The van der Waals surface area contributed by atoms with Crippen molar-refractivity contribution >= 4 is 17.9 Å². The van der Waals surface area contributed by atoms with Gasteiger partial charge in [-0.3, -0.25) is 4.79 Å². The SMILES string of the molecule is CCOC(=O)C(Cc1cccc(OCC(=O)O)c1)c1nc(-c2ccccc2)c(-c2ccccc2)o1.Cc1ccc(-c2nc(CCc3cccc(OCC(=O)O)c3)oc2-c2ccc(C)cc2)cc1. The van der Waals surface area contributed by atoms with Crippen LogP contribution in [0.2, 0.25) is 0 Å². The second kappa shape index (κ2) is 22.6. The lowest BCUT2D eigenvalue weighted by atomic mass is 9.99. The Morgan fingerprint density at radius 1 is 0.552 bits per heavy atom. The molecule has 8 aromatic rings. The molecule has 0 aliphatic heterocycles. The van der Waals surface area contributed by atoms with Gasteiger partial charge in [-0.15, -0.1) is 0 Å². The van der Waals surface area contributed by atoms with E-state index in [-0.39, 0.29) is 25.5 Å². The highest BCUT2D eigenvalue weighted by Gasteiger charge is 2.30. The molecular weight excluding hydrogens is 849 g/mol. The van der Waals surface area contributed by atoms with Crippen molar-refractivity contribution in [2.45, 2.75) is 46.0 Å². The van der Waals surface area contributed by atoms with Crippen LogP contribution >= 0.6 is 0 Å². The molecule has 2 aromatic heterocycles. The number of rotatable bonds is 18. The van der Waals surface area contributed by atoms with Crippen molar-refractivity contribution in [3.8, 4) is 56.7 Å². The zero-order valence-corrected chi connectivity index (χ0v) is 37.4. The molecule has 0 saturated carbocycles. The first-order valence-electron chi connectivity index (χ1n) is 21.8. The molecular formula is C55H50N2O10. The van der Waals surface area contributed by atoms with Crippen LogP contribution in [0.1, 0.15) is 46.9 Å². The van der Waals surface area contributed by atoms with Gasteiger partial charge in [0, 0.05) is 28.7 Å². The molecule has 8 rings (SSSR count). The van der Waals surface area contributed by atoms with Crippen LogP contribution in [0.25, 0.3) is 45.2 Å². The van der Waals surface area contributed by atoms with Crippen molar-refractivity contribution in [2.75, 3.05) is 19.8 Å². The van der Waals surface area contributed by atoms with Gasteiger partial charge in [0.25, 0.3) is 0 Å². The Hall–Kier alpha value is -8.25. The number of hydrogen-bond donors (Lipinski definition) is 2. The number of esters is 1. The van der Waals surface area contributed by atoms with E-state index in [0.29, 0.717) is 41.7 Å². The molecule has 12 heteroatoms. The number of hydrogen-bond acceptors (Lipinski definition) is 10. The van der Waals surface area contributed by atoms with Gasteiger partial charge in [-0.1, -0.05) is 145 Å². The van der Waals surface area contributed by atoms with E-state index < -0.39 is 30.4 Å². The van der Waals surface area contributed by atoms with E-state index in [0.717, 1.165) is 44.8 Å². The summed E-state index contributed by atoms with van der Waals surface area (Å²) in [5.74, 6) is -0.140. The summed E-state index contributed by atoms with van der Waals surface area (Å²) in [6.07, 6.45) is 1.56. The summed E-state index contributed by atoms with van der Waals surface area (Å²) in [4.78, 5) is 44.2. The Morgan fingerprint density at radius 3 is 1.63 bits per heavy atom. The third kappa shape index (κ3) is 12.9. The third-order valence-corrected chi connectivity index (χ3v) is 10.5. The summed E-state index contributed by atoms with van der Waals surface area (Å²) < 4.78 is 28.4. The van der Waals surface area contributed by atoms with Crippen molar-refractivity contribution in [3.05, 3.63) is 192 Å². The molecule has 67 heavy (non-hydrogen) atoms. The van der Waals surface area contributed by atoms with Crippen molar-refractivity contribution in [3.63, 3.8) is 0 Å². The lowest BCUT2D eigenvalue weighted by Crippen LogP contribution is -2.19. The molecule has 6 aromatic carbocycles. The predicted octanol–water partition coefficient (Wildman–Crippen LogP) is 11.2. The fraction of sp³-hybridized carbons (Fsp3) is 0.182. The molecule has 0 spiro atoms. The molecule has 2 N–H and O–H groups in total. The van der Waals surface area contributed by atoms with E-state index in [1.165, 1.54) is 11.1 Å². The molecule has 0 bridgehead atoms. The number of nitrogens with zero attached hydrogens (tertiary/aromatic N) is 2. The van der Waals surface area contributed by atoms with Crippen molar-refractivity contribution < 1.29 is 47.6 Å². The number of carbonyl (C=O) groups excluding carboxylic acids is 1. The van der Waals surface area contributed by atoms with Gasteiger partial charge in [-0.2, -0.15) is 0 Å². The number of aromatic nitrogens is 2. The average molecular weight is 899 g/mol. The monoisotopic (exact) mass is 898 g/mol. The first-order chi connectivity index (χ1) is 32.5. The van der Waals surface area contributed by atoms with Crippen LogP contribution in [0.15, 0.2) is 167 Å². The minimum absolute atomic E-state index is 0.217. The molecule has 0 radical (unpaired) electrons. The van der Waals surface area contributed by atoms with Gasteiger partial charge in [0.2, 0.25) is 5.89 Å². The van der Waals surface area contributed by atoms with Crippen LogP contribution in [0.4, 0.5) is 0 Å². The fourth-order valence-corrected chi connectivity index (χ4v) is 7.19. The molecule has 0 amide bonds. The average Bonchev–Trinajstić information content (AvgIpc) is 3.99. The Kier molecular flexibility index (Phi) is 15.8. The van der Waals surface area contributed by atoms with Gasteiger partial charge >= 0.3 is 17.9 Å². The summed E-state index contributed by atoms with van der Waals surface area (Å²) in [7, 11) is 0. The van der Waals surface area contributed by atoms with E-state index in [1.807, 2.05) is 84.9 Å². The van der Waals surface area contributed by atoms with Crippen LogP contribution in [0.3, 0.4) is 0 Å². The van der Waals surface area contributed by atoms with Gasteiger partial charge in [0.1, 0.15) is 28.8 Å². The maximum absolute atomic E-state index is 13.0. The van der Waals surface area contributed by atoms with Crippen molar-refractivity contribution in [1.29, 1.82) is 0 Å². The van der Waals surface area contributed by atoms with E-state index in [1.54, 1.807) is 31.2 Å². The van der Waals surface area contributed by atoms with Crippen LogP contribution < -0.4 is 9.47 Å². The number of benzene rings is 6. The Bertz CT molecular complexity index is 2770. The maximum Gasteiger partial charge on any atom is 0.341 e. The minimum Gasteiger partial charge on any atom is -0.482 e. The largest absolute Gasteiger partial charge is 0.482 e. The summed E-state index contributed by atoms with van der Waals surface area (Å²) >= 11 is 0. The van der Waals surface area contributed by atoms with Crippen molar-refractivity contribution in [2.24, 2.45) is 0 Å². The van der Waals surface area contributed by atoms with Crippen LogP contribution in [0, 0.1) is 13.8 Å². The summed E-state index contributed by atoms with van der Waals surface area (Å²) in [6.45, 7) is 5.27. The van der Waals surface area contributed by atoms with Gasteiger partial charge < -0.3 is 33.3 Å². The van der Waals surface area contributed by atoms with E-state index in [2.05, 4.69) is 62.4 Å². The van der Waals surface area contributed by atoms with Crippen LogP contribution in [-0.4, -0.2) is 57.9 Å². The number of carboxylic acid groups (broad SMARTS) is 2. The molecule has 0 saturated heterocycles. The molecule has 340 valence electrons. The number of ether oxygens (including phenoxy) is 3. The lowest BCUT2D eigenvalue weighted by Gasteiger charge is -2.13. The first-order valence-corrected chi connectivity index (χ1v) is 21.8. The van der Waals surface area contributed by atoms with E-state index >= 15 is 0 Å². The quantitative estimate of drug-likeness (QED) is 0.0782. The number of carbonyl (C=O) groups is 3. The number of carboxylic acids is 2. The zero-order valence-electron chi connectivity index (χ0n) is 37.4. The Morgan fingerprint density at radius 2 is 1.04 bits per heavy atom. The van der Waals surface area contributed by atoms with Gasteiger partial charge in [-0.25, -0.2) is 19.6 Å². The first kappa shape index (κ1) is 46.7. The highest BCUT2D eigenvalue weighted by Crippen LogP contribution is 2.37. The fourth-order valence-electron chi connectivity index (χ4n) is 7.19. The Balaban J connectivity index is 0.000000200. The lowest BCUT2D eigenvalue weighted by molar-refractivity contribution is -0.145. The highest BCUT2D eigenvalue weighted by atomic mass is 16.5. The maximum atomic E-state index is 13.0. The molecule has 12 nitrogen and oxygen atoms in total. The summed E-state index contributed by atoms with van der Waals surface area (Å²) in [5, 5.41) is 17.7. The minimum atomic E-state index is -1.07. The normalized spacial score (nSPS) is 11.2. The Labute approximate surface area is 388 Å². The number of aryl methyl sites for hydroxylation is 4. The molecule has 0 aliphatic rings. The molecule has 0 aliphatic carbocycles. The van der Waals surface area contributed by atoms with Crippen molar-refractivity contribution in [1.82, 2.24) is 9.97 Å². The summed E-state index contributed by atoms with van der Waals surface area (Å²) in [5.41, 5.74) is 9.37. The second-order valence-corrected chi connectivity index (χ2v) is 15.6. The molecule has 2 heterocycles. The smallest absolute Gasteiger partial charge is 0.341 e. The molecule has 1 atom stereocenters. The number of oxazole rings is 2. The second-order valence-electron chi connectivity index (χ2n) is 15.6. The van der Waals surface area contributed by atoms with Gasteiger partial charge in [-0.05, 0) is 69.0 Å². The predicted molar refractivity (Wildman–Crippen MR) is 254 cm³/mol. The van der Waals surface area contributed by atoms with E-state index in [9.17, 15) is 14.4 Å². The molecule has 1 unspecified atom stereocenters. The van der Waals surface area contributed by atoms with Crippen LogP contribution in [0.5, 0.6) is 11.5 Å². The molecule has 0 fully saturated rings. The highest BCUT2D eigenvalue weighted by molar-refractivity contribution is 5.81. The van der Waals surface area contributed by atoms with Gasteiger partial charge in [0.15, 0.2) is 30.6 Å². The number of aliphatic carboxylic acids is 2. The topological polar surface area (TPSA) is 171 Å². The summed E-state index contributed by atoms with van der Waals surface area (Å²) in [6, 6.07) is 50.2. The standard InChI is InChI=1S/C28H25NO6.C27H25NO4/c1-2-33-28(32)23(17-19-10-9-15-22(16-19)34-18-24(30)31)27-29-25(20-11-5-3-6-12-20)26(35-27)21-13-7-4-8-14-21;1-18-6-11-21(12-7-18)26-27(22-13-8-19(2)9-14-22)32-24(28-26)15-10-20-4-3-5-23(16-20)31-17-25(29)30/h3-16,23H,2,17-18H2,1H3,(H,30,31);3-9,11-14,16H,10,15,17H2,1-2H3,(H,29,30).